The maximum atomic E-state index is 12.4. The molecule has 3 nitrogen and oxygen atoms in total. The molecule has 18 heavy (non-hydrogen) atoms. The Morgan fingerprint density at radius 3 is 2.28 bits per heavy atom. The number of nitrogens with zero attached hydrogens (tertiary/aromatic N) is 1. The highest BCUT2D eigenvalue weighted by Crippen LogP contribution is 2.26. The van der Waals surface area contributed by atoms with Crippen LogP contribution in [0.1, 0.15) is 48.0 Å². The highest BCUT2D eigenvalue weighted by atomic mass is 16.5. The van der Waals surface area contributed by atoms with E-state index in [0.717, 1.165) is 19.6 Å². The highest BCUT2D eigenvalue weighted by molar-refractivity contribution is 5.86. The fourth-order valence-corrected chi connectivity index (χ4v) is 2.54. The normalized spacial score (nSPS) is 25.6. The van der Waals surface area contributed by atoms with Crippen LogP contribution in [0.25, 0.3) is 0 Å². The molecule has 1 saturated heterocycles. The first kappa shape index (κ1) is 15.6. The van der Waals surface area contributed by atoms with Gasteiger partial charge in [0.15, 0.2) is 5.78 Å². The van der Waals surface area contributed by atoms with Gasteiger partial charge in [0, 0.05) is 25.1 Å². The Bertz CT molecular complexity index is 274. The number of carbonyl (C=O) groups is 1. The lowest BCUT2D eigenvalue weighted by molar-refractivity contribution is -0.131. The number of hydrogen-bond donors (Lipinski definition) is 0. The minimum Gasteiger partial charge on any atom is -0.376 e. The van der Waals surface area contributed by atoms with Crippen molar-refractivity contribution in [3.8, 4) is 0 Å². The zero-order chi connectivity index (χ0) is 13.9. The molecular formula is C15H29NO2. The van der Waals surface area contributed by atoms with E-state index in [0.29, 0.717) is 17.7 Å². The molecule has 106 valence electrons. The molecule has 1 heterocycles. The predicted molar refractivity (Wildman–Crippen MR) is 74.7 cm³/mol. The van der Waals surface area contributed by atoms with E-state index in [-0.39, 0.29) is 18.1 Å². The topological polar surface area (TPSA) is 29.5 Å². The van der Waals surface area contributed by atoms with Crippen LogP contribution in [0.5, 0.6) is 0 Å². The van der Waals surface area contributed by atoms with Gasteiger partial charge in [0.2, 0.25) is 0 Å². The first-order chi connectivity index (χ1) is 8.34. The largest absolute Gasteiger partial charge is 0.376 e. The Hall–Kier alpha value is -0.410. The fourth-order valence-electron chi connectivity index (χ4n) is 2.54. The molecule has 0 aromatic carbocycles. The number of hydrogen-bond acceptors (Lipinski definition) is 3. The summed E-state index contributed by atoms with van der Waals surface area (Å²) in [5, 5.41) is 0. The van der Waals surface area contributed by atoms with Gasteiger partial charge >= 0.3 is 0 Å². The lowest BCUT2D eigenvalue weighted by atomic mass is 9.97. The quantitative estimate of drug-likeness (QED) is 0.731. The Morgan fingerprint density at radius 2 is 1.83 bits per heavy atom. The minimum atomic E-state index is -0.0382. The van der Waals surface area contributed by atoms with Crippen LogP contribution in [0.3, 0.4) is 0 Å². The summed E-state index contributed by atoms with van der Waals surface area (Å²) in [6, 6.07) is 0.370. The number of ketones is 1. The van der Waals surface area contributed by atoms with Crippen LogP contribution in [-0.2, 0) is 9.53 Å². The smallest absolute Gasteiger partial charge is 0.155 e. The Morgan fingerprint density at radius 1 is 1.22 bits per heavy atom. The summed E-state index contributed by atoms with van der Waals surface area (Å²) in [6.45, 7) is 14.3. The Balaban J connectivity index is 2.74. The third kappa shape index (κ3) is 3.79. The average molecular weight is 255 g/mol. The maximum Gasteiger partial charge on any atom is 0.155 e. The zero-order valence-corrected chi connectivity index (χ0v) is 12.8. The van der Waals surface area contributed by atoms with E-state index in [9.17, 15) is 4.79 Å². The van der Waals surface area contributed by atoms with Gasteiger partial charge in [-0.3, -0.25) is 9.69 Å². The zero-order valence-electron chi connectivity index (χ0n) is 12.8. The van der Waals surface area contributed by atoms with Crippen molar-refractivity contribution >= 4 is 5.78 Å². The summed E-state index contributed by atoms with van der Waals surface area (Å²) in [7, 11) is 0. The lowest BCUT2D eigenvalue weighted by Gasteiger charge is -2.31. The van der Waals surface area contributed by atoms with E-state index in [2.05, 4.69) is 32.6 Å². The second-order valence-corrected chi connectivity index (χ2v) is 6.39. The van der Waals surface area contributed by atoms with E-state index in [1.807, 2.05) is 13.8 Å². The molecule has 0 radical (unpaired) electrons. The third-order valence-electron chi connectivity index (χ3n) is 3.55. The van der Waals surface area contributed by atoms with Crippen molar-refractivity contribution in [2.75, 3.05) is 13.2 Å². The number of ether oxygens (including phenoxy) is 1. The minimum absolute atomic E-state index is 0.0382. The molecule has 1 unspecified atom stereocenters. The van der Waals surface area contributed by atoms with Crippen LogP contribution in [0.4, 0.5) is 0 Å². The second-order valence-electron chi connectivity index (χ2n) is 6.39. The van der Waals surface area contributed by atoms with Gasteiger partial charge in [-0.05, 0) is 26.2 Å². The standard InChI is InChI=1S/C15H29NO2/c1-10(2)9-18-13-7-8-16(12(5)6)14(13)15(17)11(3)4/h10-14H,7-9H2,1-6H3/t13-,14?/m0/s1. The van der Waals surface area contributed by atoms with Gasteiger partial charge in [0.25, 0.3) is 0 Å². The highest BCUT2D eigenvalue weighted by Gasteiger charge is 2.41. The van der Waals surface area contributed by atoms with Crippen molar-refractivity contribution in [3.05, 3.63) is 0 Å². The SMILES string of the molecule is CC(C)CO[C@H]1CCN(C(C)C)C1C(=O)C(C)C. The van der Waals surface area contributed by atoms with Crippen LogP contribution < -0.4 is 0 Å². The van der Waals surface area contributed by atoms with E-state index in [1.165, 1.54) is 0 Å². The third-order valence-corrected chi connectivity index (χ3v) is 3.55. The Labute approximate surface area is 112 Å². The van der Waals surface area contributed by atoms with Crippen molar-refractivity contribution in [1.29, 1.82) is 0 Å². The van der Waals surface area contributed by atoms with Crippen molar-refractivity contribution in [2.45, 2.75) is 66.2 Å². The Kier molecular flexibility index (Phi) is 5.80. The molecule has 1 aliphatic rings. The molecule has 0 saturated carbocycles. The first-order valence-electron chi connectivity index (χ1n) is 7.25. The molecule has 0 aromatic rings. The van der Waals surface area contributed by atoms with Crippen LogP contribution >= 0.6 is 0 Å². The maximum absolute atomic E-state index is 12.4. The van der Waals surface area contributed by atoms with Gasteiger partial charge in [-0.15, -0.1) is 0 Å². The summed E-state index contributed by atoms with van der Waals surface area (Å²) in [6.07, 6.45) is 1.07. The fraction of sp³-hybridized carbons (Fsp3) is 0.933. The van der Waals surface area contributed by atoms with Crippen molar-refractivity contribution in [1.82, 2.24) is 4.90 Å². The van der Waals surface area contributed by atoms with Crippen LogP contribution in [0.2, 0.25) is 0 Å². The monoisotopic (exact) mass is 255 g/mol. The molecule has 1 rings (SSSR count). The van der Waals surface area contributed by atoms with Gasteiger partial charge in [0.1, 0.15) is 0 Å². The molecule has 2 atom stereocenters. The van der Waals surface area contributed by atoms with Crippen molar-refractivity contribution in [2.24, 2.45) is 11.8 Å². The molecule has 0 amide bonds. The van der Waals surface area contributed by atoms with E-state index < -0.39 is 0 Å². The summed E-state index contributed by atoms with van der Waals surface area (Å²) in [5.41, 5.74) is 0. The molecule has 3 heteroatoms. The molecule has 0 bridgehead atoms. The molecular weight excluding hydrogens is 226 g/mol. The van der Waals surface area contributed by atoms with Gasteiger partial charge < -0.3 is 4.74 Å². The van der Waals surface area contributed by atoms with Gasteiger partial charge in [-0.2, -0.15) is 0 Å². The summed E-state index contributed by atoms with van der Waals surface area (Å²) in [5.74, 6) is 0.933. The van der Waals surface area contributed by atoms with Crippen LogP contribution in [-0.4, -0.2) is 42.0 Å². The van der Waals surface area contributed by atoms with Crippen molar-refractivity contribution in [3.63, 3.8) is 0 Å². The van der Waals surface area contributed by atoms with E-state index in [1.54, 1.807) is 0 Å². The number of Topliss-reactive ketones (excluding diaryl/α,β-unsaturated/α-hetero) is 1. The van der Waals surface area contributed by atoms with Gasteiger partial charge in [0.05, 0.1) is 12.1 Å². The molecule has 0 spiro atoms. The predicted octanol–water partition coefficient (Wildman–Crippen LogP) is 2.74. The summed E-state index contributed by atoms with van der Waals surface area (Å²) in [4.78, 5) is 14.7. The van der Waals surface area contributed by atoms with E-state index in [4.69, 9.17) is 4.74 Å². The van der Waals surface area contributed by atoms with Gasteiger partial charge in [-0.25, -0.2) is 0 Å². The number of rotatable bonds is 6. The summed E-state index contributed by atoms with van der Waals surface area (Å²) >= 11 is 0. The second kappa shape index (κ2) is 6.67. The van der Waals surface area contributed by atoms with Crippen LogP contribution in [0.15, 0.2) is 0 Å². The summed E-state index contributed by atoms with van der Waals surface area (Å²) < 4.78 is 5.97. The molecule has 1 fully saturated rings. The van der Waals surface area contributed by atoms with Crippen molar-refractivity contribution < 1.29 is 9.53 Å². The number of carbonyl (C=O) groups excluding carboxylic acids is 1. The molecule has 0 aromatic heterocycles. The average Bonchev–Trinajstić information content (AvgIpc) is 2.68. The molecule has 1 aliphatic heterocycles. The lowest BCUT2D eigenvalue weighted by Crippen LogP contribution is -2.47. The first-order valence-corrected chi connectivity index (χ1v) is 7.25. The molecule has 0 aliphatic carbocycles. The van der Waals surface area contributed by atoms with Gasteiger partial charge in [-0.1, -0.05) is 27.7 Å². The van der Waals surface area contributed by atoms with Crippen LogP contribution in [0, 0.1) is 11.8 Å². The molecule has 0 N–H and O–H groups in total. The van der Waals surface area contributed by atoms with E-state index >= 15 is 0 Å². The number of likely N-dealkylation sites (tertiary alicyclic amines) is 1.